The molecule has 0 aliphatic carbocycles. The second-order valence-electron chi connectivity index (χ2n) is 7.03. The molecule has 26 heavy (non-hydrogen) atoms. The summed E-state index contributed by atoms with van der Waals surface area (Å²) in [6.45, 7) is 4.60. The van der Waals surface area contributed by atoms with Crippen LogP contribution in [-0.4, -0.2) is 51.0 Å². The molecule has 2 aliphatic rings. The highest BCUT2D eigenvalue weighted by Gasteiger charge is 2.41. The quantitative estimate of drug-likeness (QED) is 0.560. The Kier molecular flexibility index (Phi) is 6.19. The van der Waals surface area contributed by atoms with Gasteiger partial charge in [0.2, 0.25) is 0 Å². The predicted molar refractivity (Wildman–Crippen MR) is 103 cm³/mol. The summed E-state index contributed by atoms with van der Waals surface area (Å²) in [5.41, 5.74) is 0. The fraction of sp³-hybridized carbons (Fsp3) is 0.632. The molecule has 1 aromatic carbocycles. The topological polar surface area (TPSA) is 79.8 Å². The normalized spacial score (nSPS) is 26.7. The van der Waals surface area contributed by atoms with E-state index in [2.05, 4.69) is 15.6 Å². The number of nitrogens with one attached hydrogen (secondary N) is 2. The summed E-state index contributed by atoms with van der Waals surface area (Å²) < 4.78 is 31.2. The lowest BCUT2D eigenvalue weighted by atomic mass is 9.96. The van der Waals surface area contributed by atoms with Gasteiger partial charge in [0.05, 0.1) is 28.9 Å². The maximum Gasteiger partial charge on any atom is 0.191 e. The molecular weight excluding hydrogens is 350 g/mol. The molecule has 0 aromatic heterocycles. The van der Waals surface area contributed by atoms with Gasteiger partial charge in [-0.05, 0) is 44.7 Å². The van der Waals surface area contributed by atoms with Crippen LogP contribution in [0.3, 0.4) is 0 Å². The number of guanidine groups is 1. The summed E-state index contributed by atoms with van der Waals surface area (Å²) in [6, 6.07) is 8.68. The number of hydrogen-bond donors (Lipinski definition) is 2. The van der Waals surface area contributed by atoms with Crippen LogP contribution in [0.25, 0.3) is 0 Å². The Morgan fingerprint density at radius 3 is 2.62 bits per heavy atom. The van der Waals surface area contributed by atoms with Crippen LogP contribution >= 0.6 is 0 Å². The molecule has 6 nitrogen and oxygen atoms in total. The first-order valence-electron chi connectivity index (χ1n) is 9.52. The lowest BCUT2D eigenvalue weighted by Gasteiger charge is -2.26. The van der Waals surface area contributed by atoms with Crippen LogP contribution in [0.5, 0.6) is 0 Å². The van der Waals surface area contributed by atoms with Crippen LogP contribution < -0.4 is 10.6 Å². The molecule has 4 unspecified atom stereocenters. The van der Waals surface area contributed by atoms with Crippen molar-refractivity contribution in [3.05, 3.63) is 30.3 Å². The van der Waals surface area contributed by atoms with Crippen LogP contribution in [0.15, 0.2) is 40.2 Å². The second kappa shape index (κ2) is 8.39. The van der Waals surface area contributed by atoms with Gasteiger partial charge in [0.1, 0.15) is 0 Å². The minimum atomic E-state index is -3.34. The minimum absolute atomic E-state index is 0.0468. The summed E-state index contributed by atoms with van der Waals surface area (Å²) in [4.78, 5) is 4.87. The molecular formula is C19H29N3O3S. The fourth-order valence-corrected chi connectivity index (χ4v) is 5.31. The van der Waals surface area contributed by atoms with Crippen LogP contribution in [0.1, 0.15) is 39.5 Å². The van der Waals surface area contributed by atoms with E-state index in [-0.39, 0.29) is 23.9 Å². The molecule has 2 aliphatic heterocycles. The van der Waals surface area contributed by atoms with Crippen molar-refractivity contribution in [2.45, 2.75) is 68.7 Å². The van der Waals surface area contributed by atoms with Crippen LogP contribution in [0.4, 0.5) is 0 Å². The standard InChI is InChI=1S/C19H29N3O3S/c1-3-14(13-26(23,24)16-8-6-5-7-9-16)21-19(20-4-2)22-17-12-15-10-11-18(17)25-15/h5-9,14-15,17-18H,3-4,10-13H2,1-2H3,(H2,20,21,22). The largest absolute Gasteiger partial charge is 0.373 e. The van der Waals surface area contributed by atoms with E-state index >= 15 is 0 Å². The number of hydrogen-bond acceptors (Lipinski definition) is 4. The van der Waals surface area contributed by atoms with Gasteiger partial charge in [-0.1, -0.05) is 25.1 Å². The van der Waals surface area contributed by atoms with E-state index in [1.54, 1.807) is 24.3 Å². The molecule has 0 radical (unpaired) electrons. The number of benzene rings is 1. The van der Waals surface area contributed by atoms with Crippen molar-refractivity contribution < 1.29 is 13.2 Å². The number of rotatable bonds is 7. The van der Waals surface area contributed by atoms with E-state index in [0.717, 1.165) is 19.3 Å². The molecule has 2 N–H and O–H groups in total. The Hall–Kier alpha value is -1.60. The number of fused-ring (bicyclic) bond motifs is 2. The first kappa shape index (κ1) is 19.2. The molecule has 2 bridgehead atoms. The second-order valence-corrected chi connectivity index (χ2v) is 9.06. The van der Waals surface area contributed by atoms with E-state index in [4.69, 9.17) is 4.74 Å². The smallest absolute Gasteiger partial charge is 0.191 e. The van der Waals surface area contributed by atoms with Crippen molar-refractivity contribution in [2.24, 2.45) is 4.99 Å². The SMILES string of the molecule is CCN=C(NC(CC)CS(=O)(=O)c1ccccc1)NC1CC2CCC1O2. The lowest BCUT2D eigenvalue weighted by Crippen LogP contribution is -2.51. The van der Waals surface area contributed by atoms with Gasteiger partial charge in [0, 0.05) is 12.6 Å². The molecule has 3 rings (SSSR count). The maximum absolute atomic E-state index is 12.7. The highest BCUT2D eigenvalue weighted by Crippen LogP contribution is 2.34. The molecule has 2 heterocycles. The van der Waals surface area contributed by atoms with Gasteiger partial charge in [-0.3, -0.25) is 4.99 Å². The minimum Gasteiger partial charge on any atom is -0.373 e. The summed E-state index contributed by atoms with van der Waals surface area (Å²) in [5, 5.41) is 6.78. The Morgan fingerprint density at radius 2 is 2.04 bits per heavy atom. The number of nitrogens with zero attached hydrogens (tertiary/aromatic N) is 1. The van der Waals surface area contributed by atoms with Crippen molar-refractivity contribution in [1.82, 2.24) is 10.6 Å². The molecule has 4 atom stereocenters. The third-order valence-electron chi connectivity index (χ3n) is 5.10. The number of aliphatic imine (C=N–C) groups is 1. The number of sulfone groups is 1. The Morgan fingerprint density at radius 1 is 1.27 bits per heavy atom. The van der Waals surface area contributed by atoms with Crippen molar-refractivity contribution in [3.8, 4) is 0 Å². The van der Waals surface area contributed by atoms with Crippen LogP contribution in [0.2, 0.25) is 0 Å². The van der Waals surface area contributed by atoms with Crippen LogP contribution in [-0.2, 0) is 14.6 Å². The zero-order valence-electron chi connectivity index (χ0n) is 15.5. The van der Waals surface area contributed by atoms with Crippen molar-refractivity contribution in [1.29, 1.82) is 0 Å². The van der Waals surface area contributed by atoms with Gasteiger partial charge in [-0.2, -0.15) is 0 Å². The average molecular weight is 380 g/mol. The molecule has 1 aromatic rings. The Bertz CT molecular complexity index is 721. The van der Waals surface area contributed by atoms with E-state index in [1.807, 2.05) is 19.9 Å². The molecule has 2 saturated heterocycles. The van der Waals surface area contributed by atoms with Crippen molar-refractivity contribution >= 4 is 15.8 Å². The Labute approximate surface area is 156 Å². The fourth-order valence-electron chi connectivity index (χ4n) is 3.70. The molecule has 0 spiro atoms. The van der Waals surface area contributed by atoms with Crippen molar-refractivity contribution in [2.75, 3.05) is 12.3 Å². The zero-order chi connectivity index (χ0) is 18.6. The van der Waals surface area contributed by atoms with E-state index in [1.165, 1.54) is 0 Å². The third kappa shape index (κ3) is 4.57. The first-order chi connectivity index (χ1) is 12.5. The molecule has 7 heteroatoms. The summed E-state index contributed by atoms with van der Waals surface area (Å²) in [6.07, 6.45) is 4.53. The van der Waals surface area contributed by atoms with E-state index in [9.17, 15) is 8.42 Å². The van der Waals surface area contributed by atoms with Gasteiger partial charge >= 0.3 is 0 Å². The van der Waals surface area contributed by atoms with Crippen molar-refractivity contribution in [3.63, 3.8) is 0 Å². The van der Waals surface area contributed by atoms with Crippen LogP contribution in [0, 0.1) is 0 Å². The van der Waals surface area contributed by atoms with E-state index < -0.39 is 9.84 Å². The monoisotopic (exact) mass is 379 g/mol. The molecule has 2 fully saturated rings. The molecule has 0 amide bonds. The zero-order valence-corrected chi connectivity index (χ0v) is 16.3. The Balaban J connectivity index is 1.64. The maximum atomic E-state index is 12.7. The van der Waals surface area contributed by atoms with Gasteiger partial charge in [-0.15, -0.1) is 0 Å². The van der Waals surface area contributed by atoms with E-state index in [0.29, 0.717) is 29.9 Å². The highest BCUT2D eigenvalue weighted by molar-refractivity contribution is 7.91. The summed E-state index contributed by atoms with van der Waals surface area (Å²) in [7, 11) is -3.34. The highest BCUT2D eigenvalue weighted by atomic mass is 32.2. The predicted octanol–water partition coefficient (Wildman–Crippen LogP) is 2.11. The number of ether oxygens (including phenoxy) is 1. The van der Waals surface area contributed by atoms with Gasteiger partial charge in [-0.25, -0.2) is 8.42 Å². The summed E-state index contributed by atoms with van der Waals surface area (Å²) in [5.74, 6) is 0.731. The summed E-state index contributed by atoms with van der Waals surface area (Å²) >= 11 is 0. The first-order valence-corrected chi connectivity index (χ1v) is 11.2. The molecule has 0 saturated carbocycles. The molecule has 144 valence electrons. The third-order valence-corrected chi connectivity index (χ3v) is 6.93. The average Bonchev–Trinajstić information content (AvgIpc) is 3.25. The van der Waals surface area contributed by atoms with Gasteiger partial charge in [0.15, 0.2) is 15.8 Å². The lowest BCUT2D eigenvalue weighted by molar-refractivity contribution is 0.0992. The van der Waals surface area contributed by atoms with Gasteiger partial charge < -0.3 is 15.4 Å². The van der Waals surface area contributed by atoms with Gasteiger partial charge in [0.25, 0.3) is 0 Å².